The van der Waals surface area contributed by atoms with E-state index in [1.165, 1.54) is 0 Å². The molecule has 3 N–H and O–H groups in total. The standard InChI is InChI=1S/C24H27N5O3/c1-2-19(15-21(25)30)27-22(31)20-5-3-14-29(20)23(32)24(10-11-24)18-8-6-17(7-9-18)16-28-13-4-12-26-28/h1,4,6-9,12-13,19-20H,3,5,10-11,14-16H2,(H2,25,30)(H,27,31)/t19-,20?/m1/s1. The number of rotatable bonds is 8. The molecule has 2 aromatic rings. The first-order valence-electron chi connectivity index (χ1n) is 10.9. The van der Waals surface area contributed by atoms with Crippen LogP contribution in [0.1, 0.15) is 43.2 Å². The first-order chi connectivity index (χ1) is 15.4. The van der Waals surface area contributed by atoms with Gasteiger partial charge < -0.3 is 16.0 Å². The number of nitrogens with one attached hydrogen (secondary N) is 1. The zero-order chi connectivity index (χ0) is 22.7. The van der Waals surface area contributed by atoms with E-state index in [1.54, 1.807) is 11.1 Å². The smallest absolute Gasteiger partial charge is 0.243 e. The highest BCUT2D eigenvalue weighted by Crippen LogP contribution is 2.50. The number of hydrogen-bond donors (Lipinski definition) is 2. The average Bonchev–Trinajstić information content (AvgIpc) is 3.18. The van der Waals surface area contributed by atoms with Gasteiger partial charge in [0.05, 0.1) is 24.4 Å². The number of benzene rings is 1. The zero-order valence-electron chi connectivity index (χ0n) is 17.9. The largest absolute Gasteiger partial charge is 0.370 e. The molecule has 1 aromatic carbocycles. The second-order valence-electron chi connectivity index (χ2n) is 8.54. The Balaban J connectivity index is 1.45. The Labute approximate surface area is 187 Å². The van der Waals surface area contributed by atoms with Gasteiger partial charge in [-0.1, -0.05) is 30.2 Å². The Hall–Kier alpha value is -3.60. The van der Waals surface area contributed by atoms with Gasteiger partial charge in [0.2, 0.25) is 17.7 Å². The lowest BCUT2D eigenvalue weighted by Gasteiger charge is -2.29. The van der Waals surface area contributed by atoms with Crippen LogP contribution in [0.3, 0.4) is 0 Å². The van der Waals surface area contributed by atoms with Crippen LogP contribution in [0.4, 0.5) is 0 Å². The summed E-state index contributed by atoms with van der Waals surface area (Å²) in [7, 11) is 0. The third kappa shape index (κ3) is 4.37. The van der Waals surface area contributed by atoms with Crippen LogP contribution in [0.15, 0.2) is 42.7 Å². The van der Waals surface area contributed by atoms with Gasteiger partial charge in [0.15, 0.2) is 0 Å². The van der Waals surface area contributed by atoms with Gasteiger partial charge in [-0.15, -0.1) is 6.42 Å². The van der Waals surface area contributed by atoms with Gasteiger partial charge in [0.1, 0.15) is 6.04 Å². The Morgan fingerprint density at radius 1 is 1.28 bits per heavy atom. The van der Waals surface area contributed by atoms with Crippen molar-refractivity contribution in [3.05, 3.63) is 53.9 Å². The lowest BCUT2D eigenvalue weighted by molar-refractivity contribution is -0.140. The third-order valence-electron chi connectivity index (χ3n) is 6.31. The molecule has 1 unspecified atom stereocenters. The van der Waals surface area contributed by atoms with Gasteiger partial charge in [-0.2, -0.15) is 5.10 Å². The molecule has 166 valence electrons. The second kappa shape index (κ2) is 8.87. The number of nitrogens with two attached hydrogens (primary N) is 1. The maximum Gasteiger partial charge on any atom is 0.243 e. The van der Waals surface area contributed by atoms with Gasteiger partial charge in [-0.05, 0) is 42.9 Å². The number of carbonyl (C=O) groups is 3. The van der Waals surface area contributed by atoms with Crippen molar-refractivity contribution in [1.29, 1.82) is 0 Å². The minimum atomic E-state index is -0.769. The van der Waals surface area contributed by atoms with E-state index in [0.717, 1.165) is 30.4 Å². The minimum absolute atomic E-state index is 0.0119. The number of likely N-dealkylation sites (tertiary alicyclic amines) is 1. The molecule has 0 radical (unpaired) electrons. The number of aromatic nitrogens is 2. The van der Waals surface area contributed by atoms with Crippen LogP contribution in [0, 0.1) is 12.3 Å². The van der Waals surface area contributed by atoms with Gasteiger partial charge in [0.25, 0.3) is 0 Å². The summed E-state index contributed by atoms with van der Waals surface area (Å²) >= 11 is 0. The molecule has 4 rings (SSSR count). The van der Waals surface area contributed by atoms with E-state index in [1.807, 2.05) is 41.2 Å². The Morgan fingerprint density at radius 2 is 2.03 bits per heavy atom. The summed E-state index contributed by atoms with van der Waals surface area (Å²) < 4.78 is 1.85. The van der Waals surface area contributed by atoms with Gasteiger partial charge in [-0.3, -0.25) is 19.1 Å². The zero-order valence-corrected chi connectivity index (χ0v) is 17.9. The summed E-state index contributed by atoms with van der Waals surface area (Å²) in [6, 6.07) is 8.61. The van der Waals surface area contributed by atoms with Crippen molar-refractivity contribution in [2.75, 3.05) is 6.54 Å². The van der Waals surface area contributed by atoms with Crippen LogP contribution in [0.5, 0.6) is 0 Å². The maximum absolute atomic E-state index is 13.5. The van der Waals surface area contributed by atoms with Crippen molar-refractivity contribution in [1.82, 2.24) is 20.0 Å². The molecule has 0 spiro atoms. The van der Waals surface area contributed by atoms with Crippen molar-refractivity contribution in [3.8, 4) is 12.3 Å². The molecule has 1 saturated heterocycles. The molecule has 32 heavy (non-hydrogen) atoms. The molecule has 3 amide bonds. The quantitative estimate of drug-likeness (QED) is 0.604. The molecule has 2 fully saturated rings. The number of hydrogen-bond acceptors (Lipinski definition) is 4. The molecule has 2 aliphatic rings. The van der Waals surface area contributed by atoms with Gasteiger partial charge >= 0.3 is 0 Å². The van der Waals surface area contributed by atoms with E-state index < -0.39 is 23.4 Å². The number of carbonyl (C=O) groups excluding carboxylic acids is 3. The van der Waals surface area contributed by atoms with Crippen LogP contribution in [-0.2, 0) is 26.3 Å². The predicted octanol–water partition coefficient (Wildman–Crippen LogP) is 0.947. The van der Waals surface area contributed by atoms with E-state index >= 15 is 0 Å². The lowest BCUT2D eigenvalue weighted by Crippen LogP contribution is -2.51. The van der Waals surface area contributed by atoms with Crippen molar-refractivity contribution in [2.45, 2.75) is 56.1 Å². The first kappa shape index (κ1) is 21.6. The molecule has 1 aliphatic heterocycles. The minimum Gasteiger partial charge on any atom is -0.370 e. The average molecular weight is 434 g/mol. The van der Waals surface area contributed by atoms with Crippen molar-refractivity contribution < 1.29 is 14.4 Å². The number of amides is 3. The first-order valence-corrected chi connectivity index (χ1v) is 10.9. The molecule has 1 aromatic heterocycles. The summed E-state index contributed by atoms with van der Waals surface area (Å²) in [5, 5.41) is 6.91. The number of terminal acetylenes is 1. The van der Waals surface area contributed by atoms with Crippen LogP contribution < -0.4 is 11.1 Å². The topological polar surface area (TPSA) is 110 Å². The Bertz CT molecular complexity index is 1030. The normalized spacial score (nSPS) is 19.7. The molecule has 0 bridgehead atoms. The van der Waals surface area contributed by atoms with Crippen LogP contribution in [0.2, 0.25) is 0 Å². The Kier molecular flexibility index (Phi) is 5.99. The second-order valence-corrected chi connectivity index (χ2v) is 8.54. The monoisotopic (exact) mass is 433 g/mol. The van der Waals surface area contributed by atoms with Gasteiger partial charge in [-0.25, -0.2) is 0 Å². The maximum atomic E-state index is 13.5. The van der Waals surface area contributed by atoms with Gasteiger partial charge in [0, 0.05) is 18.9 Å². The predicted molar refractivity (Wildman–Crippen MR) is 118 cm³/mol. The number of nitrogens with zero attached hydrogens (tertiary/aromatic N) is 3. The third-order valence-corrected chi connectivity index (χ3v) is 6.31. The number of primary amides is 1. The van der Waals surface area contributed by atoms with Crippen LogP contribution in [-0.4, -0.2) is 51.0 Å². The fourth-order valence-electron chi connectivity index (χ4n) is 4.44. The summed E-state index contributed by atoms with van der Waals surface area (Å²) in [6.07, 6.45) is 11.8. The lowest BCUT2D eigenvalue weighted by atomic mass is 9.93. The highest BCUT2D eigenvalue weighted by molar-refractivity contribution is 5.96. The molecule has 1 saturated carbocycles. The summed E-state index contributed by atoms with van der Waals surface area (Å²) in [6.45, 7) is 1.21. The van der Waals surface area contributed by atoms with Crippen LogP contribution >= 0.6 is 0 Å². The highest BCUT2D eigenvalue weighted by Gasteiger charge is 2.55. The highest BCUT2D eigenvalue weighted by atomic mass is 16.2. The molecule has 2 atom stereocenters. The summed E-state index contributed by atoms with van der Waals surface area (Å²) in [5.74, 6) is 1.46. The fraction of sp³-hybridized carbons (Fsp3) is 0.417. The summed E-state index contributed by atoms with van der Waals surface area (Å²) in [4.78, 5) is 39.2. The van der Waals surface area contributed by atoms with Crippen molar-refractivity contribution in [2.24, 2.45) is 5.73 Å². The van der Waals surface area contributed by atoms with E-state index in [9.17, 15) is 14.4 Å². The molecular weight excluding hydrogens is 406 g/mol. The summed E-state index contributed by atoms with van der Waals surface area (Å²) in [5.41, 5.74) is 6.72. The fourth-order valence-corrected chi connectivity index (χ4v) is 4.44. The molecular formula is C24H27N5O3. The molecule has 8 nitrogen and oxygen atoms in total. The SMILES string of the molecule is C#C[C@H](CC(N)=O)NC(=O)C1CCCN1C(=O)C1(c2ccc(Cn3cccn3)cc2)CC1. The van der Waals surface area contributed by atoms with E-state index in [-0.39, 0.29) is 18.2 Å². The molecule has 8 heteroatoms. The molecule has 1 aliphatic carbocycles. The van der Waals surface area contributed by atoms with Crippen molar-refractivity contribution in [3.63, 3.8) is 0 Å². The molecule has 2 heterocycles. The van der Waals surface area contributed by atoms with Crippen molar-refractivity contribution >= 4 is 17.7 Å². The van der Waals surface area contributed by atoms with E-state index in [4.69, 9.17) is 12.2 Å². The van der Waals surface area contributed by atoms with E-state index in [0.29, 0.717) is 19.5 Å². The Morgan fingerprint density at radius 3 is 2.62 bits per heavy atom. The van der Waals surface area contributed by atoms with Crippen LogP contribution in [0.25, 0.3) is 0 Å². The van der Waals surface area contributed by atoms with E-state index in [2.05, 4.69) is 16.3 Å².